The van der Waals surface area contributed by atoms with Gasteiger partial charge in [0, 0.05) is 22.3 Å². The average molecular weight is 424 g/mol. The second-order valence-electron chi connectivity index (χ2n) is 7.60. The predicted molar refractivity (Wildman–Crippen MR) is 120 cm³/mol. The summed E-state index contributed by atoms with van der Waals surface area (Å²) in [6.45, 7) is 0. The van der Waals surface area contributed by atoms with Crippen molar-refractivity contribution in [3.63, 3.8) is 0 Å². The monoisotopic (exact) mass is 423 g/mol. The number of amides is 2. The van der Waals surface area contributed by atoms with Gasteiger partial charge in [-0.05, 0) is 61.4 Å². The van der Waals surface area contributed by atoms with E-state index in [0.717, 1.165) is 35.8 Å². The van der Waals surface area contributed by atoms with Crippen LogP contribution in [0.5, 0.6) is 5.75 Å². The van der Waals surface area contributed by atoms with E-state index in [2.05, 4.69) is 10.6 Å². The number of fused-ring (bicyclic) bond motifs is 1. The topological polar surface area (TPSA) is 93.4 Å². The molecule has 1 fully saturated rings. The Labute approximate surface area is 179 Å². The van der Waals surface area contributed by atoms with Crippen molar-refractivity contribution in [2.75, 3.05) is 12.4 Å². The zero-order chi connectivity index (χ0) is 21.1. The van der Waals surface area contributed by atoms with Crippen LogP contribution >= 0.6 is 11.3 Å². The number of hydrogen-bond donors (Lipinski definition) is 3. The van der Waals surface area contributed by atoms with Crippen LogP contribution in [0.3, 0.4) is 0 Å². The lowest BCUT2D eigenvalue weighted by Crippen LogP contribution is -2.40. The third-order valence-electron chi connectivity index (χ3n) is 5.47. The summed E-state index contributed by atoms with van der Waals surface area (Å²) in [4.78, 5) is 26.1. The summed E-state index contributed by atoms with van der Waals surface area (Å²) in [5.41, 5.74) is 6.90. The molecule has 2 amide bonds. The minimum absolute atomic E-state index is 0.135. The Balaban J connectivity index is 1.50. The molecule has 30 heavy (non-hydrogen) atoms. The third kappa shape index (κ3) is 4.47. The molecule has 1 heterocycles. The van der Waals surface area contributed by atoms with E-state index < -0.39 is 0 Å². The SMILES string of the molecule is COc1ccc(C(=O)NC2CCC(N)CC2)cc1NC(=O)c1cc2ccccc2s1. The highest BCUT2D eigenvalue weighted by Crippen LogP contribution is 2.29. The normalized spacial score (nSPS) is 18.7. The second kappa shape index (κ2) is 8.85. The molecular formula is C23H25N3O3S. The highest BCUT2D eigenvalue weighted by molar-refractivity contribution is 7.20. The molecule has 1 aromatic heterocycles. The minimum Gasteiger partial charge on any atom is -0.495 e. The van der Waals surface area contributed by atoms with Gasteiger partial charge >= 0.3 is 0 Å². The summed E-state index contributed by atoms with van der Waals surface area (Å²) in [5.74, 6) is 0.119. The molecule has 2 aromatic carbocycles. The Morgan fingerprint density at radius 1 is 1.03 bits per heavy atom. The number of methoxy groups -OCH3 is 1. The Kier molecular flexibility index (Phi) is 6.01. The molecule has 0 unspecified atom stereocenters. The Hall–Kier alpha value is -2.90. The van der Waals surface area contributed by atoms with Crippen molar-refractivity contribution < 1.29 is 14.3 Å². The van der Waals surface area contributed by atoms with Gasteiger partial charge < -0.3 is 21.1 Å². The first-order valence-electron chi connectivity index (χ1n) is 10.1. The van der Waals surface area contributed by atoms with Crippen LogP contribution in [0.1, 0.15) is 45.7 Å². The smallest absolute Gasteiger partial charge is 0.265 e. The van der Waals surface area contributed by atoms with Crippen molar-refractivity contribution in [3.05, 3.63) is 59.0 Å². The van der Waals surface area contributed by atoms with Gasteiger partial charge in [0.05, 0.1) is 17.7 Å². The standard InChI is InChI=1S/C23H25N3O3S/c1-29-19-11-6-15(22(27)25-17-9-7-16(24)8-10-17)12-18(19)26-23(28)21-13-14-4-2-3-5-20(14)30-21/h2-6,11-13,16-17H,7-10,24H2,1H3,(H,25,27)(H,26,28). The second-order valence-corrected chi connectivity index (χ2v) is 8.69. The van der Waals surface area contributed by atoms with Gasteiger partial charge in [-0.2, -0.15) is 0 Å². The fourth-order valence-electron chi connectivity index (χ4n) is 3.76. The Bertz CT molecular complexity index is 1040. The lowest BCUT2D eigenvalue weighted by Gasteiger charge is -2.26. The molecule has 3 aromatic rings. The number of ether oxygens (including phenoxy) is 1. The summed E-state index contributed by atoms with van der Waals surface area (Å²) >= 11 is 1.43. The maximum atomic E-state index is 12.8. The number of hydrogen-bond acceptors (Lipinski definition) is 5. The molecule has 1 aliphatic carbocycles. The molecule has 7 heteroatoms. The number of rotatable bonds is 5. The zero-order valence-corrected chi connectivity index (χ0v) is 17.6. The first-order chi connectivity index (χ1) is 14.5. The largest absolute Gasteiger partial charge is 0.495 e. The zero-order valence-electron chi connectivity index (χ0n) is 16.8. The number of thiophene rings is 1. The van der Waals surface area contributed by atoms with Crippen LogP contribution in [-0.4, -0.2) is 31.0 Å². The molecule has 4 rings (SSSR count). The van der Waals surface area contributed by atoms with E-state index in [1.165, 1.54) is 18.4 Å². The van der Waals surface area contributed by atoms with E-state index >= 15 is 0 Å². The van der Waals surface area contributed by atoms with Gasteiger partial charge in [0.25, 0.3) is 11.8 Å². The van der Waals surface area contributed by atoms with E-state index in [1.54, 1.807) is 18.2 Å². The maximum absolute atomic E-state index is 12.8. The number of benzene rings is 2. The van der Waals surface area contributed by atoms with Gasteiger partial charge in [-0.15, -0.1) is 11.3 Å². The minimum atomic E-state index is -0.228. The van der Waals surface area contributed by atoms with Gasteiger partial charge in [0.1, 0.15) is 5.75 Å². The Morgan fingerprint density at radius 3 is 2.53 bits per heavy atom. The van der Waals surface area contributed by atoms with Crippen LogP contribution in [-0.2, 0) is 0 Å². The summed E-state index contributed by atoms with van der Waals surface area (Å²) in [6.07, 6.45) is 3.62. The summed E-state index contributed by atoms with van der Waals surface area (Å²) in [5, 5.41) is 7.00. The highest BCUT2D eigenvalue weighted by atomic mass is 32.1. The molecule has 4 N–H and O–H groups in total. The van der Waals surface area contributed by atoms with Crippen molar-refractivity contribution in [2.24, 2.45) is 5.73 Å². The lowest BCUT2D eigenvalue weighted by atomic mass is 9.91. The van der Waals surface area contributed by atoms with Crippen molar-refractivity contribution in [1.82, 2.24) is 5.32 Å². The van der Waals surface area contributed by atoms with E-state index in [4.69, 9.17) is 10.5 Å². The fourth-order valence-corrected chi connectivity index (χ4v) is 4.71. The fraction of sp³-hybridized carbons (Fsp3) is 0.304. The predicted octanol–water partition coefficient (Wildman–Crippen LogP) is 4.16. The maximum Gasteiger partial charge on any atom is 0.265 e. The number of nitrogens with two attached hydrogens (primary N) is 1. The molecular weight excluding hydrogens is 398 g/mol. The first kappa shape index (κ1) is 20.4. The van der Waals surface area contributed by atoms with Crippen molar-refractivity contribution in [2.45, 2.75) is 37.8 Å². The Morgan fingerprint density at radius 2 is 1.80 bits per heavy atom. The van der Waals surface area contributed by atoms with Gasteiger partial charge in [-0.3, -0.25) is 9.59 Å². The van der Waals surface area contributed by atoms with Gasteiger partial charge in [-0.25, -0.2) is 0 Å². The molecule has 0 spiro atoms. The van der Waals surface area contributed by atoms with Gasteiger partial charge in [-0.1, -0.05) is 18.2 Å². The summed E-state index contributed by atoms with van der Waals surface area (Å²) in [6, 6.07) is 15.2. The number of nitrogens with one attached hydrogen (secondary N) is 2. The van der Waals surface area contributed by atoms with Crippen molar-refractivity contribution >= 4 is 38.9 Å². The molecule has 0 aliphatic heterocycles. The summed E-state index contributed by atoms with van der Waals surface area (Å²) < 4.78 is 6.43. The molecule has 0 radical (unpaired) electrons. The summed E-state index contributed by atoms with van der Waals surface area (Å²) in [7, 11) is 1.54. The van der Waals surface area contributed by atoms with Crippen LogP contribution < -0.4 is 21.1 Å². The molecule has 6 nitrogen and oxygen atoms in total. The van der Waals surface area contributed by atoms with Crippen LogP contribution in [0, 0.1) is 0 Å². The quantitative estimate of drug-likeness (QED) is 0.574. The molecule has 0 atom stereocenters. The lowest BCUT2D eigenvalue weighted by molar-refractivity contribution is 0.0925. The number of anilines is 1. The molecule has 156 valence electrons. The third-order valence-corrected chi connectivity index (χ3v) is 6.58. The van der Waals surface area contributed by atoms with Crippen LogP contribution in [0.4, 0.5) is 5.69 Å². The molecule has 1 aliphatic rings. The van der Waals surface area contributed by atoms with E-state index in [1.807, 2.05) is 30.3 Å². The first-order valence-corrected chi connectivity index (χ1v) is 10.9. The number of carbonyl (C=O) groups is 2. The number of carbonyl (C=O) groups excluding carboxylic acids is 2. The van der Waals surface area contributed by atoms with Crippen LogP contribution in [0.2, 0.25) is 0 Å². The van der Waals surface area contributed by atoms with Crippen LogP contribution in [0.15, 0.2) is 48.5 Å². The highest BCUT2D eigenvalue weighted by Gasteiger charge is 2.21. The van der Waals surface area contributed by atoms with E-state index in [-0.39, 0.29) is 23.9 Å². The molecule has 0 saturated heterocycles. The van der Waals surface area contributed by atoms with Gasteiger partial charge in [0.2, 0.25) is 0 Å². The van der Waals surface area contributed by atoms with Crippen molar-refractivity contribution in [1.29, 1.82) is 0 Å². The molecule has 0 bridgehead atoms. The van der Waals surface area contributed by atoms with E-state index in [0.29, 0.717) is 21.9 Å². The van der Waals surface area contributed by atoms with Crippen LogP contribution in [0.25, 0.3) is 10.1 Å². The van der Waals surface area contributed by atoms with Gasteiger partial charge in [0.15, 0.2) is 0 Å². The average Bonchev–Trinajstić information content (AvgIpc) is 3.20. The molecule has 1 saturated carbocycles. The van der Waals surface area contributed by atoms with Crippen molar-refractivity contribution in [3.8, 4) is 5.75 Å². The van der Waals surface area contributed by atoms with E-state index in [9.17, 15) is 9.59 Å².